The van der Waals surface area contributed by atoms with Crippen LogP contribution in [0.15, 0.2) is 24.3 Å². The second-order valence-electron chi connectivity index (χ2n) is 14.8. The van der Waals surface area contributed by atoms with Crippen LogP contribution in [0, 0.1) is 0 Å². The van der Waals surface area contributed by atoms with E-state index in [1.807, 2.05) is 24.3 Å². The number of carbonyl (C=O) groups excluding carboxylic acids is 1. The van der Waals surface area contributed by atoms with Crippen LogP contribution in [0.2, 0.25) is 0 Å². The molecular weight excluding hydrogens is 599 g/mol. The van der Waals surface area contributed by atoms with Crippen molar-refractivity contribution in [1.82, 2.24) is 0 Å². The normalized spacial score (nSPS) is 11.7. The van der Waals surface area contributed by atoms with Crippen LogP contribution in [0.25, 0.3) is 0 Å². The number of carbonyl (C=O) groups is 1. The van der Waals surface area contributed by atoms with E-state index >= 15 is 0 Å². The Hall–Kier alpha value is -0.810. The molecule has 0 fully saturated rings. The van der Waals surface area contributed by atoms with Crippen LogP contribution in [0.4, 0.5) is 0 Å². The Morgan fingerprint density at radius 1 is 0.578 bits per heavy atom. The molecule has 0 heterocycles. The molecule has 0 aliphatic heterocycles. The van der Waals surface area contributed by atoms with Gasteiger partial charge in [-0.15, -0.1) is 0 Å². The largest absolute Gasteiger partial charge is 1.00 e. The van der Waals surface area contributed by atoms with Gasteiger partial charge in [-0.2, -0.15) is 0 Å². The third kappa shape index (κ3) is 23.2. The minimum Gasteiger partial charge on any atom is -1.00 e. The molecule has 6 heteroatoms. The van der Waals surface area contributed by atoms with Gasteiger partial charge in [0.1, 0.15) is 18.9 Å². The third-order valence-electron chi connectivity index (χ3n) is 9.35. The number of quaternary nitrogens is 2. The fourth-order valence-corrected chi connectivity index (χ4v) is 6.15. The summed E-state index contributed by atoms with van der Waals surface area (Å²) in [5, 5.41) is 0. The third-order valence-corrected chi connectivity index (χ3v) is 9.35. The average molecular weight is 674 g/mol. The zero-order chi connectivity index (χ0) is 31.8. The molecule has 0 N–H and O–H groups in total. The molecule has 266 valence electrons. The summed E-state index contributed by atoms with van der Waals surface area (Å²) in [4.78, 5) is 13.9. The van der Waals surface area contributed by atoms with Gasteiger partial charge in [-0.05, 0) is 49.9 Å². The van der Waals surface area contributed by atoms with Crippen molar-refractivity contribution in [2.24, 2.45) is 0 Å². The molecule has 0 saturated carbocycles. The van der Waals surface area contributed by atoms with E-state index in [1.54, 1.807) is 0 Å². The second-order valence-corrected chi connectivity index (χ2v) is 14.8. The van der Waals surface area contributed by atoms with Crippen LogP contribution >= 0.6 is 0 Å². The molecule has 45 heavy (non-hydrogen) atoms. The quantitative estimate of drug-likeness (QED) is 0.0927. The Bertz CT molecular complexity index is 784. The van der Waals surface area contributed by atoms with Gasteiger partial charge in [0.25, 0.3) is 0 Å². The van der Waals surface area contributed by atoms with Crippen LogP contribution in [-0.4, -0.2) is 69.3 Å². The monoisotopic (exact) mass is 673 g/mol. The lowest BCUT2D eigenvalue weighted by Crippen LogP contribution is -3.00. The van der Waals surface area contributed by atoms with Crippen LogP contribution < -0.4 is 29.6 Å². The predicted octanol–water partition coefficient (Wildman–Crippen LogP) is 4.99. The number of nitrogens with zero attached hydrogens (tertiary/aromatic N) is 2. The van der Waals surface area contributed by atoms with E-state index in [9.17, 15) is 4.79 Å². The lowest BCUT2D eigenvalue weighted by molar-refractivity contribution is -0.870. The lowest BCUT2D eigenvalue weighted by atomic mass is 9.96. The van der Waals surface area contributed by atoms with Gasteiger partial charge in [0.05, 0.1) is 46.8 Å². The van der Waals surface area contributed by atoms with E-state index in [-0.39, 0.29) is 30.7 Å². The summed E-state index contributed by atoms with van der Waals surface area (Å²) in [5.41, 5.74) is 0.806. The van der Waals surface area contributed by atoms with E-state index in [2.05, 4.69) is 49.1 Å². The maximum absolute atomic E-state index is 13.9. The maximum Gasteiger partial charge on any atom is 0.345 e. The summed E-state index contributed by atoms with van der Waals surface area (Å²) in [5.74, 6) is 1.09. The van der Waals surface area contributed by atoms with Gasteiger partial charge in [0.15, 0.2) is 0 Å². The van der Waals surface area contributed by atoms with E-state index in [1.165, 1.54) is 128 Å². The molecule has 0 saturated heterocycles. The Morgan fingerprint density at radius 2 is 0.933 bits per heavy atom. The van der Waals surface area contributed by atoms with Crippen LogP contribution in [0.5, 0.6) is 5.75 Å². The van der Waals surface area contributed by atoms with E-state index in [0.717, 1.165) is 35.2 Å². The van der Waals surface area contributed by atoms with Crippen molar-refractivity contribution in [1.29, 1.82) is 0 Å². The van der Waals surface area contributed by atoms with Crippen LogP contribution in [-0.2, 0) is 0 Å². The van der Waals surface area contributed by atoms with Crippen LogP contribution in [0.3, 0.4) is 0 Å². The molecule has 0 spiro atoms. The molecule has 0 unspecified atom stereocenters. The molecule has 0 bridgehead atoms. The number of likely N-dealkylation sites (N-methyl/N-ethyl adjacent to an activating group) is 1. The van der Waals surface area contributed by atoms with E-state index in [4.69, 9.17) is 4.74 Å². The highest BCUT2D eigenvalue weighted by Crippen LogP contribution is 2.26. The molecule has 1 amide bonds. The number of unbranched alkanes of at least 4 members (excludes halogenated alkanes) is 18. The van der Waals surface area contributed by atoms with E-state index < -0.39 is 0 Å². The summed E-state index contributed by atoms with van der Waals surface area (Å²) in [6.45, 7) is 6.21. The molecule has 0 aliphatic carbocycles. The van der Waals surface area contributed by atoms with Gasteiger partial charge in [-0.25, -0.2) is 4.79 Å². The number of halogens is 2. The smallest absolute Gasteiger partial charge is 0.345 e. The Balaban J connectivity index is 0. The SMILES string of the molecule is CCCCCCCCCCCCC(CCCCCCCCCCCC)[N+](C)(C)C(=O)c1ccc(OCC[N+](C)(C)C)cc1.[Cl-].[Cl-]. The summed E-state index contributed by atoms with van der Waals surface area (Å²) in [7, 11) is 10.8. The number of benzene rings is 1. The minimum absolute atomic E-state index is 0. The lowest BCUT2D eigenvalue weighted by Gasteiger charge is -2.36. The van der Waals surface area contributed by atoms with Crippen molar-refractivity contribution < 1.29 is 43.3 Å². The number of hydrogen-bond acceptors (Lipinski definition) is 2. The standard InChI is InChI=1S/C39H74N2O2.2ClH/c1-8-10-12-14-16-18-20-22-24-26-28-37(29-27-25-23-21-19-17-15-13-11-9-2)41(6,7)39(42)36-30-32-38(33-31-36)43-35-34-40(3,4)5;;/h30-33,37H,8-29,34-35H2,1-7H3;2*1H/q+2;;/p-2. The molecule has 4 nitrogen and oxygen atoms in total. The molecule has 0 aliphatic rings. The Labute approximate surface area is 293 Å². The zero-order valence-electron chi connectivity index (χ0n) is 30.8. The van der Waals surface area contributed by atoms with Crippen LogP contribution in [0.1, 0.15) is 165 Å². The predicted molar refractivity (Wildman–Crippen MR) is 188 cm³/mol. The van der Waals surface area contributed by atoms with Crippen molar-refractivity contribution in [3.8, 4) is 5.75 Å². The van der Waals surface area contributed by atoms with Gasteiger partial charge >= 0.3 is 5.91 Å². The first-order valence-electron chi connectivity index (χ1n) is 18.5. The molecular formula is C39H74Cl2N2O2. The summed E-state index contributed by atoms with van der Waals surface area (Å²) < 4.78 is 7.28. The van der Waals surface area contributed by atoms with Crippen molar-refractivity contribution in [3.05, 3.63) is 29.8 Å². The second kappa shape index (κ2) is 28.2. The van der Waals surface area contributed by atoms with Gasteiger partial charge in [-0.3, -0.25) is 4.48 Å². The fraction of sp³-hybridized carbons (Fsp3) is 0.821. The first-order valence-corrected chi connectivity index (χ1v) is 18.5. The number of rotatable bonds is 28. The summed E-state index contributed by atoms with van der Waals surface area (Å²) in [6, 6.07) is 8.28. The highest BCUT2D eigenvalue weighted by Gasteiger charge is 2.36. The van der Waals surface area contributed by atoms with Gasteiger partial charge < -0.3 is 34.0 Å². The fourth-order valence-electron chi connectivity index (χ4n) is 6.15. The topological polar surface area (TPSA) is 26.3 Å². The van der Waals surface area contributed by atoms with Crippen molar-refractivity contribution in [3.63, 3.8) is 0 Å². The zero-order valence-corrected chi connectivity index (χ0v) is 32.3. The molecule has 1 aromatic carbocycles. The average Bonchev–Trinajstić information content (AvgIpc) is 2.97. The van der Waals surface area contributed by atoms with Crippen molar-refractivity contribution in [2.45, 2.75) is 161 Å². The molecule has 0 aromatic heterocycles. The number of ether oxygens (including phenoxy) is 1. The number of hydrogen-bond donors (Lipinski definition) is 0. The minimum atomic E-state index is 0. The summed E-state index contributed by atoms with van der Waals surface area (Å²) >= 11 is 0. The first-order chi connectivity index (χ1) is 20.6. The molecule has 0 radical (unpaired) electrons. The summed E-state index contributed by atoms with van der Waals surface area (Å²) in [6.07, 6.45) is 29.5. The van der Waals surface area contributed by atoms with Crippen molar-refractivity contribution >= 4 is 5.91 Å². The van der Waals surface area contributed by atoms with E-state index in [0.29, 0.717) is 17.1 Å². The van der Waals surface area contributed by atoms with Gasteiger partial charge in [0.2, 0.25) is 0 Å². The Kier molecular flexibility index (Phi) is 29.0. The molecule has 1 rings (SSSR count). The highest BCUT2D eigenvalue weighted by molar-refractivity contribution is 5.89. The Morgan fingerprint density at radius 3 is 1.29 bits per heavy atom. The maximum atomic E-state index is 13.9. The van der Waals surface area contributed by atoms with Crippen molar-refractivity contribution in [2.75, 3.05) is 48.4 Å². The highest BCUT2D eigenvalue weighted by atomic mass is 35.5. The molecule has 1 aromatic rings. The molecule has 0 atom stereocenters. The number of amides is 1. The van der Waals surface area contributed by atoms with Gasteiger partial charge in [-0.1, -0.05) is 129 Å². The van der Waals surface area contributed by atoms with Gasteiger partial charge in [0, 0.05) is 0 Å². The first kappa shape index (κ1) is 46.3.